The molecule has 0 amide bonds. The molecule has 84 valence electrons. The predicted molar refractivity (Wildman–Crippen MR) is 57.9 cm³/mol. The fraction of sp³-hybridized carbons (Fsp3) is 0.333. The van der Waals surface area contributed by atoms with Gasteiger partial charge in [-0.2, -0.15) is 5.26 Å². The van der Waals surface area contributed by atoms with Crippen molar-refractivity contribution in [1.82, 2.24) is 0 Å². The van der Waals surface area contributed by atoms with E-state index in [0.29, 0.717) is 23.1 Å². The number of phenols is 1. The lowest BCUT2D eigenvalue weighted by atomic mass is 9.96. The fourth-order valence-electron chi connectivity index (χ4n) is 1.60. The summed E-state index contributed by atoms with van der Waals surface area (Å²) in [4.78, 5) is 11.2. The molecule has 0 bridgehead atoms. The number of ether oxygens (including phenoxy) is 1. The lowest BCUT2D eigenvalue weighted by Crippen LogP contribution is -2.08. The van der Waals surface area contributed by atoms with Crippen LogP contribution in [0.5, 0.6) is 5.75 Å². The molecule has 1 N–H and O–H groups in total. The van der Waals surface area contributed by atoms with Gasteiger partial charge in [0.15, 0.2) is 0 Å². The Morgan fingerprint density at radius 3 is 2.69 bits per heavy atom. The summed E-state index contributed by atoms with van der Waals surface area (Å²) in [6.07, 6.45) is 0.574. The van der Waals surface area contributed by atoms with Gasteiger partial charge in [-0.3, -0.25) is 4.79 Å². The monoisotopic (exact) mass is 219 g/mol. The number of carbonyl (C=O) groups is 1. The molecule has 0 heterocycles. The van der Waals surface area contributed by atoms with Crippen LogP contribution in [0.2, 0.25) is 0 Å². The topological polar surface area (TPSA) is 70.3 Å². The first-order chi connectivity index (χ1) is 7.63. The second-order valence-corrected chi connectivity index (χ2v) is 3.31. The zero-order valence-corrected chi connectivity index (χ0v) is 9.28. The third kappa shape index (κ3) is 2.31. The van der Waals surface area contributed by atoms with E-state index in [1.807, 2.05) is 13.0 Å². The molecule has 0 unspecified atom stereocenters. The van der Waals surface area contributed by atoms with E-state index >= 15 is 0 Å². The molecule has 0 saturated carbocycles. The molecule has 0 aromatic heterocycles. The van der Waals surface area contributed by atoms with E-state index in [4.69, 9.17) is 5.26 Å². The van der Waals surface area contributed by atoms with Gasteiger partial charge in [-0.15, -0.1) is 0 Å². The van der Waals surface area contributed by atoms with Crippen molar-refractivity contribution in [3.8, 4) is 11.8 Å². The van der Waals surface area contributed by atoms with Gasteiger partial charge in [-0.05, 0) is 24.1 Å². The van der Waals surface area contributed by atoms with Crippen LogP contribution in [0.25, 0.3) is 0 Å². The smallest absolute Gasteiger partial charge is 0.310 e. The standard InChI is InChI=1S/C12H13NO3/c1-3-9-8(7-13)4-5-11(14)10(9)6-12(15)16-2/h4-5,14H,3,6H2,1-2H3. The maximum Gasteiger partial charge on any atom is 0.310 e. The maximum atomic E-state index is 11.2. The van der Waals surface area contributed by atoms with Gasteiger partial charge in [0, 0.05) is 5.56 Å². The van der Waals surface area contributed by atoms with Crippen LogP contribution in [-0.4, -0.2) is 18.2 Å². The van der Waals surface area contributed by atoms with Gasteiger partial charge in [0.2, 0.25) is 0 Å². The van der Waals surface area contributed by atoms with Crippen LogP contribution >= 0.6 is 0 Å². The van der Waals surface area contributed by atoms with Gasteiger partial charge in [0.25, 0.3) is 0 Å². The molecule has 1 aromatic carbocycles. The summed E-state index contributed by atoms with van der Waals surface area (Å²) < 4.78 is 4.55. The summed E-state index contributed by atoms with van der Waals surface area (Å²) in [5.41, 5.74) is 1.67. The molecule has 4 nitrogen and oxygen atoms in total. The van der Waals surface area contributed by atoms with E-state index < -0.39 is 5.97 Å². The molecule has 0 saturated heterocycles. The van der Waals surface area contributed by atoms with Gasteiger partial charge < -0.3 is 9.84 Å². The SMILES string of the molecule is CCc1c(C#N)ccc(O)c1CC(=O)OC. The van der Waals surface area contributed by atoms with E-state index in [0.717, 1.165) is 0 Å². The normalized spacial score (nSPS) is 9.56. The molecule has 0 spiro atoms. The van der Waals surface area contributed by atoms with E-state index in [1.54, 1.807) is 6.07 Å². The van der Waals surface area contributed by atoms with Crippen LogP contribution in [0.15, 0.2) is 12.1 Å². The van der Waals surface area contributed by atoms with Crippen LogP contribution in [0, 0.1) is 11.3 Å². The molecule has 0 aliphatic carbocycles. The fourth-order valence-corrected chi connectivity index (χ4v) is 1.60. The van der Waals surface area contributed by atoms with Gasteiger partial charge in [-0.1, -0.05) is 6.92 Å². The molecule has 0 fully saturated rings. The summed E-state index contributed by atoms with van der Waals surface area (Å²) in [6.45, 7) is 1.87. The molecule has 4 heteroatoms. The van der Waals surface area contributed by atoms with Crippen LogP contribution in [0.1, 0.15) is 23.6 Å². The van der Waals surface area contributed by atoms with Crippen LogP contribution in [0.4, 0.5) is 0 Å². The first kappa shape index (κ1) is 12.1. The van der Waals surface area contributed by atoms with Crippen molar-refractivity contribution in [1.29, 1.82) is 5.26 Å². The number of rotatable bonds is 3. The predicted octanol–water partition coefficient (Wildman–Crippen LogP) is 1.54. The highest BCUT2D eigenvalue weighted by atomic mass is 16.5. The molecule has 1 rings (SSSR count). The third-order valence-electron chi connectivity index (χ3n) is 2.43. The average Bonchev–Trinajstić information content (AvgIpc) is 2.31. The Morgan fingerprint density at radius 2 is 2.19 bits per heavy atom. The first-order valence-electron chi connectivity index (χ1n) is 4.94. The Morgan fingerprint density at radius 1 is 1.50 bits per heavy atom. The molecule has 0 atom stereocenters. The van der Waals surface area contributed by atoms with Crippen LogP contribution in [-0.2, 0) is 22.4 Å². The van der Waals surface area contributed by atoms with Crippen LogP contribution in [0.3, 0.4) is 0 Å². The van der Waals surface area contributed by atoms with Gasteiger partial charge >= 0.3 is 5.97 Å². The number of phenolic OH excluding ortho intramolecular Hbond substituents is 1. The Balaban J connectivity index is 3.24. The van der Waals surface area contributed by atoms with E-state index in [-0.39, 0.29) is 12.2 Å². The largest absolute Gasteiger partial charge is 0.508 e. The van der Waals surface area contributed by atoms with Gasteiger partial charge in [0.05, 0.1) is 25.2 Å². The van der Waals surface area contributed by atoms with E-state index in [1.165, 1.54) is 13.2 Å². The molecule has 0 aliphatic rings. The van der Waals surface area contributed by atoms with Crippen molar-refractivity contribution >= 4 is 5.97 Å². The summed E-state index contributed by atoms with van der Waals surface area (Å²) in [7, 11) is 1.29. The highest BCUT2D eigenvalue weighted by Gasteiger charge is 2.15. The van der Waals surface area contributed by atoms with Gasteiger partial charge in [0.1, 0.15) is 5.75 Å². The second-order valence-electron chi connectivity index (χ2n) is 3.31. The van der Waals surface area contributed by atoms with Crippen molar-refractivity contribution in [3.05, 3.63) is 28.8 Å². The Bertz CT molecular complexity index is 446. The number of nitriles is 1. The van der Waals surface area contributed by atoms with Crippen LogP contribution < -0.4 is 0 Å². The number of esters is 1. The lowest BCUT2D eigenvalue weighted by Gasteiger charge is -2.10. The highest BCUT2D eigenvalue weighted by molar-refractivity contribution is 5.74. The van der Waals surface area contributed by atoms with E-state index in [9.17, 15) is 9.90 Å². The average molecular weight is 219 g/mol. The van der Waals surface area contributed by atoms with E-state index in [2.05, 4.69) is 4.74 Å². The molecule has 0 radical (unpaired) electrons. The summed E-state index contributed by atoms with van der Waals surface area (Å²) in [5.74, 6) is -0.402. The number of hydrogen-bond acceptors (Lipinski definition) is 4. The van der Waals surface area contributed by atoms with Gasteiger partial charge in [-0.25, -0.2) is 0 Å². The van der Waals surface area contributed by atoms with Crippen molar-refractivity contribution in [2.45, 2.75) is 19.8 Å². The van der Waals surface area contributed by atoms with Crippen molar-refractivity contribution < 1.29 is 14.6 Å². The number of aromatic hydroxyl groups is 1. The maximum absolute atomic E-state index is 11.2. The minimum atomic E-state index is -0.430. The van der Waals surface area contributed by atoms with Crippen molar-refractivity contribution in [3.63, 3.8) is 0 Å². The summed E-state index contributed by atoms with van der Waals surface area (Å²) in [6, 6.07) is 5.02. The van der Waals surface area contributed by atoms with Crippen molar-refractivity contribution in [2.75, 3.05) is 7.11 Å². The minimum absolute atomic E-state index is 0.0129. The number of benzene rings is 1. The Labute approximate surface area is 94.1 Å². The highest BCUT2D eigenvalue weighted by Crippen LogP contribution is 2.25. The first-order valence-corrected chi connectivity index (χ1v) is 4.94. The quantitative estimate of drug-likeness (QED) is 0.783. The lowest BCUT2D eigenvalue weighted by molar-refractivity contribution is -0.139. The minimum Gasteiger partial charge on any atom is -0.508 e. The Hall–Kier alpha value is -2.02. The molecular formula is C12H13NO3. The third-order valence-corrected chi connectivity index (χ3v) is 2.43. The molecule has 1 aromatic rings. The molecule has 0 aliphatic heterocycles. The number of carbonyl (C=O) groups excluding carboxylic acids is 1. The number of nitrogens with zero attached hydrogens (tertiary/aromatic N) is 1. The molecular weight excluding hydrogens is 206 g/mol. The number of methoxy groups -OCH3 is 1. The Kier molecular flexibility index (Phi) is 3.90. The summed E-state index contributed by atoms with van der Waals surface area (Å²) >= 11 is 0. The second kappa shape index (κ2) is 5.17. The van der Waals surface area contributed by atoms with Crippen molar-refractivity contribution in [2.24, 2.45) is 0 Å². The molecule has 16 heavy (non-hydrogen) atoms. The summed E-state index contributed by atoms with van der Waals surface area (Å²) in [5, 5.41) is 18.6. The number of hydrogen-bond donors (Lipinski definition) is 1. The zero-order valence-electron chi connectivity index (χ0n) is 9.28. The zero-order chi connectivity index (χ0) is 12.1.